The van der Waals surface area contributed by atoms with Gasteiger partial charge in [0.15, 0.2) is 0 Å². The standard InChI is InChI=1S/C12H12F3N/c1-2-3-9-16-11(12(13,14)15)10-7-5-4-6-8-10/h1,4-8,11,16H,3,9H2. The van der Waals surface area contributed by atoms with Crippen molar-refractivity contribution in [3.05, 3.63) is 35.9 Å². The highest BCUT2D eigenvalue weighted by atomic mass is 19.4. The molecule has 86 valence electrons. The van der Waals surface area contributed by atoms with Crippen LogP contribution in [-0.4, -0.2) is 12.7 Å². The summed E-state index contributed by atoms with van der Waals surface area (Å²) in [6.07, 6.45) is 0.959. The predicted molar refractivity (Wildman–Crippen MR) is 56.7 cm³/mol. The SMILES string of the molecule is C#CCCNC(c1ccccc1)C(F)(F)F. The first kappa shape index (κ1) is 12.6. The second-order valence-corrected chi connectivity index (χ2v) is 3.29. The van der Waals surface area contributed by atoms with Crippen molar-refractivity contribution in [3.63, 3.8) is 0 Å². The van der Waals surface area contributed by atoms with E-state index in [0.29, 0.717) is 0 Å². The van der Waals surface area contributed by atoms with Crippen LogP contribution in [0.25, 0.3) is 0 Å². The van der Waals surface area contributed by atoms with Crippen molar-refractivity contribution in [2.75, 3.05) is 6.54 Å². The van der Waals surface area contributed by atoms with Crippen molar-refractivity contribution in [2.45, 2.75) is 18.6 Å². The average Bonchev–Trinajstić information content (AvgIpc) is 2.24. The van der Waals surface area contributed by atoms with Gasteiger partial charge in [0.25, 0.3) is 0 Å². The monoisotopic (exact) mass is 227 g/mol. The van der Waals surface area contributed by atoms with Crippen LogP contribution in [0.5, 0.6) is 0 Å². The second-order valence-electron chi connectivity index (χ2n) is 3.29. The summed E-state index contributed by atoms with van der Waals surface area (Å²) in [5, 5.41) is 2.41. The first-order valence-corrected chi connectivity index (χ1v) is 4.84. The zero-order chi connectivity index (χ0) is 12.0. The predicted octanol–water partition coefficient (Wildman–Crippen LogP) is 2.90. The van der Waals surface area contributed by atoms with Gasteiger partial charge in [-0.05, 0) is 5.56 Å². The molecule has 0 aromatic heterocycles. The van der Waals surface area contributed by atoms with E-state index in [-0.39, 0.29) is 18.5 Å². The quantitative estimate of drug-likeness (QED) is 0.616. The van der Waals surface area contributed by atoms with Gasteiger partial charge in [-0.2, -0.15) is 13.2 Å². The number of halogens is 3. The van der Waals surface area contributed by atoms with Gasteiger partial charge in [-0.3, -0.25) is 0 Å². The summed E-state index contributed by atoms with van der Waals surface area (Å²) in [6.45, 7) is 0.148. The molecule has 0 bridgehead atoms. The van der Waals surface area contributed by atoms with Crippen molar-refractivity contribution < 1.29 is 13.2 Å². The van der Waals surface area contributed by atoms with E-state index in [1.807, 2.05) is 0 Å². The van der Waals surface area contributed by atoms with Gasteiger partial charge in [0.05, 0.1) is 0 Å². The van der Waals surface area contributed by atoms with Crippen molar-refractivity contribution in [1.82, 2.24) is 5.32 Å². The van der Waals surface area contributed by atoms with Crippen molar-refractivity contribution >= 4 is 0 Å². The summed E-state index contributed by atoms with van der Waals surface area (Å²) < 4.78 is 38.2. The highest BCUT2D eigenvalue weighted by Crippen LogP contribution is 2.32. The summed E-state index contributed by atoms with van der Waals surface area (Å²) in [7, 11) is 0. The number of nitrogens with one attached hydrogen (secondary N) is 1. The Bertz CT molecular complexity index is 351. The topological polar surface area (TPSA) is 12.0 Å². The number of hydrogen-bond donors (Lipinski definition) is 1. The van der Waals surface area contributed by atoms with Crippen LogP contribution in [0.1, 0.15) is 18.0 Å². The number of benzene rings is 1. The lowest BCUT2D eigenvalue weighted by Crippen LogP contribution is -2.34. The summed E-state index contributed by atoms with van der Waals surface area (Å²) in [5.74, 6) is 2.30. The van der Waals surface area contributed by atoms with E-state index < -0.39 is 12.2 Å². The number of rotatable bonds is 4. The van der Waals surface area contributed by atoms with Gasteiger partial charge in [-0.1, -0.05) is 30.3 Å². The minimum absolute atomic E-state index is 0.148. The van der Waals surface area contributed by atoms with Crippen LogP contribution in [0.4, 0.5) is 13.2 Å². The number of hydrogen-bond acceptors (Lipinski definition) is 1. The number of terminal acetylenes is 1. The maximum absolute atomic E-state index is 12.7. The maximum atomic E-state index is 12.7. The third-order valence-electron chi connectivity index (χ3n) is 2.08. The first-order chi connectivity index (χ1) is 7.55. The van der Waals surface area contributed by atoms with Crippen molar-refractivity contribution in [3.8, 4) is 12.3 Å². The van der Waals surface area contributed by atoms with E-state index in [0.717, 1.165) is 0 Å². The Morgan fingerprint density at radius 3 is 2.38 bits per heavy atom. The Morgan fingerprint density at radius 2 is 1.88 bits per heavy atom. The fourth-order valence-corrected chi connectivity index (χ4v) is 1.36. The zero-order valence-corrected chi connectivity index (χ0v) is 8.59. The fourth-order valence-electron chi connectivity index (χ4n) is 1.36. The van der Waals surface area contributed by atoms with Crippen LogP contribution in [0, 0.1) is 12.3 Å². The molecule has 0 aliphatic carbocycles. The normalized spacial score (nSPS) is 13.1. The minimum Gasteiger partial charge on any atom is -0.302 e. The molecule has 0 spiro atoms. The Kier molecular flexibility index (Phi) is 4.39. The van der Waals surface area contributed by atoms with Gasteiger partial charge < -0.3 is 5.32 Å². The van der Waals surface area contributed by atoms with Crippen LogP contribution < -0.4 is 5.32 Å². The molecule has 1 N–H and O–H groups in total. The van der Waals surface area contributed by atoms with E-state index in [1.54, 1.807) is 18.2 Å². The van der Waals surface area contributed by atoms with E-state index in [4.69, 9.17) is 6.42 Å². The summed E-state index contributed by atoms with van der Waals surface area (Å²) in [5.41, 5.74) is 0.201. The summed E-state index contributed by atoms with van der Waals surface area (Å²) >= 11 is 0. The molecule has 0 saturated carbocycles. The van der Waals surface area contributed by atoms with E-state index in [9.17, 15) is 13.2 Å². The largest absolute Gasteiger partial charge is 0.407 e. The molecule has 1 aromatic rings. The van der Waals surface area contributed by atoms with E-state index >= 15 is 0 Å². The molecule has 1 aromatic carbocycles. The Labute approximate surface area is 92.7 Å². The molecule has 1 rings (SSSR count). The highest BCUT2D eigenvalue weighted by Gasteiger charge is 2.40. The molecule has 0 aliphatic heterocycles. The molecule has 0 fully saturated rings. The maximum Gasteiger partial charge on any atom is 0.407 e. The third-order valence-corrected chi connectivity index (χ3v) is 2.08. The Balaban J connectivity index is 2.77. The molecule has 16 heavy (non-hydrogen) atoms. The van der Waals surface area contributed by atoms with Crippen LogP contribution >= 0.6 is 0 Å². The van der Waals surface area contributed by atoms with Gasteiger partial charge in [-0.15, -0.1) is 12.3 Å². The van der Waals surface area contributed by atoms with Crippen LogP contribution in [0.2, 0.25) is 0 Å². The lowest BCUT2D eigenvalue weighted by atomic mass is 10.1. The van der Waals surface area contributed by atoms with E-state index in [2.05, 4.69) is 11.2 Å². The van der Waals surface area contributed by atoms with Gasteiger partial charge in [0, 0.05) is 13.0 Å². The second kappa shape index (κ2) is 5.57. The highest BCUT2D eigenvalue weighted by molar-refractivity contribution is 5.20. The van der Waals surface area contributed by atoms with Crippen LogP contribution in [0.15, 0.2) is 30.3 Å². The van der Waals surface area contributed by atoms with Gasteiger partial charge in [0.1, 0.15) is 6.04 Å². The zero-order valence-electron chi connectivity index (χ0n) is 8.59. The fraction of sp³-hybridized carbons (Fsp3) is 0.333. The Hall–Kier alpha value is -1.47. The molecule has 1 nitrogen and oxygen atoms in total. The molecule has 0 saturated heterocycles. The molecular weight excluding hydrogens is 215 g/mol. The summed E-state index contributed by atoms with van der Waals surface area (Å²) in [6, 6.07) is 6.08. The van der Waals surface area contributed by atoms with Crippen LogP contribution in [0.3, 0.4) is 0 Å². The van der Waals surface area contributed by atoms with E-state index in [1.165, 1.54) is 12.1 Å². The minimum atomic E-state index is -4.31. The van der Waals surface area contributed by atoms with Gasteiger partial charge in [-0.25, -0.2) is 0 Å². The average molecular weight is 227 g/mol. The molecule has 0 aliphatic rings. The van der Waals surface area contributed by atoms with Crippen molar-refractivity contribution in [2.24, 2.45) is 0 Å². The lowest BCUT2D eigenvalue weighted by molar-refractivity contribution is -0.157. The smallest absolute Gasteiger partial charge is 0.302 e. The molecule has 1 unspecified atom stereocenters. The Morgan fingerprint density at radius 1 is 1.25 bits per heavy atom. The molecule has 4 heteroatoms. The molecule has 1 atom stereocenters. The van der Waals surface area contributed by atoms with Gasteiger partial charge >= 0.3 is 6.18 Å². The van der Waals surface area contributed by atoms with Crippen molar-refractivity contribution in [1.29, 1.82) is 0 Å². The van der Waals surface area contributed by atoms with Gasteiger partial charge in [0.2, 0.25) is 0 Å². The molecule has 0 amide bonds. The molecular formula is C12H12F3N. The first-order valence-electron chi connectivity index (χ1n) is 4.84. The third kappa shape index (κ3) is 3.59. The molecule has 0 heterocycles. The summed E-state index contributed by atoms with van der Waals surface area (Å²) in [4.78, 5) is 0. The van der Waals surface area contributed by atoms with Crippen LogP contribution in [-0.2, 0) is 0 Å². The lowest BCUT2D eigenvalue weighted by Gasteiger charge is -2.21. The molecule has 0 radical (unpaired) electrons. The number of alkyl halides is 3.